The van der Waals surface area contributed by atoms with E-state index >= 15 is 0 Å². The molecule has 0 spiro atoms. The molecule has 1 N–H and O–H groups in total. The van der Waals surface area contributed by atoms with Gasteiger partial charge in [0.25, 0.3) is 0 Å². The molecule has 1 aliphatic rings. The summed E-state index contributed by atoms with van der Waals surface area (Å²) in [5, 5.41) is 3.26. The Labute approximate surface area is 120 Å². The lowest BCUT2D eigenvalue weighted by Crippen LogP contribution is -2.23. The lowest BCUT2D eigenvalue weighted by molar-refractivity contribution is -0.119. The van der Waals surface area contributed by atoms with Crippen molar-refractivity contribution in [3.8, 4) is 0 Å². The maximum absolute atomic E-state index is 12.0. The van der Waals surface area contributed by atoms with Gasteiger partial charge in [0, 0.05) is 0 Å². The summed E-state index contributed by atoms with van der Waals surface area (Å²) in [7, 11) is -3.04. The molecule has 2 heterocycles. The average Bonchev–Trinajstić information content (AvgIpc) is 2.91. The Morgan fingerprint density at radius 3 is 2.95 bits per heavy atom. The molecule has 1 fully saturated rings. The third-order valence-corrected chi connectivity index (χ3v) is 6.08. The third-order valence-electron chi connectivity index (χ3n) is 3.38. The lowest BCUT2D eigenvalue weighted by Gasteiger charge is -2.06. The molecule has 1 saturated heterocycles. The highest BCUT2D eigenvalue weighted by molar-refractivity contribution is 7.91. The molecule has 0 aliphatic carbocycles. The summed E-state index contributed by atoms with van der Waals surface area (Å²) in [4.78, 5) is 16.4. The number of hydrogen-bond acceptors (Lipinski definition) is 5. The number of carbonyl (C=O) groups is 1. The van der Waals surface area contributed by atoms with E-state index in [4.69, 9.17) is 0 Å². The number of carbonyl (C=O) groups excluding carboxylic acids is 1. The van der Waals surface area contributed by atoms with Crippen LogP contribution in [0.2, 0.25) is 0 Å². The zero-order valence-electron chi connectivity index (χ0n) is 10.9. The standard InChI is InChI=1S/C13H14N2O3S2/c1-8-2-3-10-11(6-8)19-13(14-10)15-12(16)9-4-5-20(17,18)7-9/h2-3,6,9H,4-5,7H2,1H3,(H,14,15,16)/t9-/m1/s1. The maximum atomic E-state index is 12.0. The van der Waals surface area contributed by atoms with Crippen LogP contribution >= 0.6 is 11.3 Å². The lowest BCUT2D eigenvalue weighted by atomic mass is 10.1. The molecule has 7 heteroatoms. The molecule has 0 radical (unpaired) electrons. The molecular formula is C13H14N2O3S2. The van der Waals surface area contributed by atoms with Crippen LogP contribution in [0.25, 0.3) is 10.2 Å². The van der Waals surface area contributed by atoms with Crippen LogP contribution in [0.15, 0.2) is 18.2 Å². The molecule has 2 aromatic rings. The van der Waals surface area contributed by atoms with Crippen molar-refractivity contribution in [1.29, 1.82) is 0 Å². The first-order valence-corrected chi connectivity index (χ1v) is 8.95. The fraction of sp³-hybridized carbons (Fsp3) is 0.385. The van der Waals surface area contributed by atoms with Crippen LogP contribution in [0, 0.1) is 12.8 Å². The summed E-state index contributed by atoms with van der Waals surface area (Å²) in [6, 6.07) is 5.90. The van der Waals surface area contributed by atoms with Gasteiger partial charge in [-0.25, -0.2) is 13.4 Å². The maximum Gasteiger partial charge on any atom is 0.230 e. The Morgan fingerprint density at radius 2 is 2.25 bits per heavy atom. The van der Waals surface area contributed by atoms with Gasteiger partial charge < -0.3 is 5.32 Å². The predicted octanol–water partition coefficient (Wildman–Crippen LogP) is 1.98. The number of nitrogens with one attached hydrogen (secondary N) is 1. The van der Waals surface area contributed by atoms with Crippen molar-refractivity contribution in [2.75, 3.05) is 16.8 Å². The minimum absolute atomic E-state index is 0.0527. The SMILES string of the molecule is Cc1ccc2nc(NC(=O)[C@@H]3CCS(=O)(=O)C3)sc2c1. The van der Waals surface area contributed by atoms with E-state index in [1.807, 2.05) is 25.1 Å². The first-order chi connectivity index (χ1) is 9.43. The summed E-state index contributed by atoms with van der Waals surface area (Å²) in [6.07, 6.45) is 0.401. The monoisotopic (exact) mass is 310 g/mol. The van der Waals surface area contributed by atoms with Crippen LogP contribution in [-0.4, -0.2) is 30.8 Å². The van der Waals surface area contributed by atoms with Gasteiger partial charge in [-0.05, 0) is 31.0 Å². The van der Waals surface area contributed by atoms with E-state index in [0.29, 0.717) is 11.6 Å². The Kier molecular flexibility index (Phi) is 3.25. The molecule has 0 saturated carbocycles. The number of rotatable bonds is 2. The van der Waals surface area contributed by atoms with Crippen LogP contribution in [0.5, 0.6) is 0 Å². The molecule has 1 aliphatic heterocycles. The predicted molar refractivity (Wildman–Crippen MR) is 79.7 cm³/mol. The van der Waals surface area contributed by atoms with E-state index in [2.05, 4.69) is 10.3 Å². The minimum atomic E-state index is -3.04. The molecular weight excluding hydrogens is 296 g/mol. The second-order valence-corrected chi connectivity index (χ2v) is 8.34. The van der Waals surface area contributed by atoms with Crippen molar-refractivity contribution >= 4 is 42.4 Å². The van der Waals surface area contributed by atoms with Gasteiger partial charge in [-0.1, -0.05) is 17.4 Å². The van der Waals surface area contributed by atoms with Gasteiger partial charge in [-0.2, -0.15) is 0 Å². The molecule has 1 amide bonds. The number of aryl methyl sites for hydroxylation is 1. The van der Waals surface area contributed by atoms with E-state index < -0.39 is 15.8 Å². The first-order valence-electron chi connectivity index (χ1n) is 6.31. The number of nitrogens with zero attached hydrogens (tertiary/aromatic N) is 1. The molecule has 3 rings (SSSR count). The van der Waals surface area contributed by atoms with Gasteiger partial charge in [0.15, 0.2) is 15.0 Å². The van der Waals surface area contributed by atoms with Crippen LogP contribution in [0.4, 0.5) is 5.13 Å². The topological polar surface area (TPSA) is 76.1 Å². The molecule has 5 nitrogen and oxygen atoms in total. The third kappa shape index (κ3) is 2.69. The number of sulfone groups is 1. The second kappa shape index (κ2) is 4.82. The smallest absolute Gasteiger partial charge is 0.230 e. The number of benzene rings is 1. The van der Waals surface area contributed by atoms with E-state index in [-0.39, 0.29) is 17.4 Å². The average molecular weight is 310 g/mol. The van der Waals surface area contributed by atoms with E-state index in [1.165, 1.54) is 11.3 Å². The molecule has 1 aromatic carbocycles. The molecule has 106 valence electrons. The van der Waals surface area contributed by atoms with Crippen molar-refractivity contribution in [3.05, 3.63) is 23.8 Å². The zero-order chi connectivity index (χ0) is 14.3. The number of hydrogen-bond donors (Lipinski definition) is 1. The summed E-state index contributed by atoms with van der Waals surface area (Å²) >= 11 is 1.41. The van der Waals surface area contributed by atoms with Crippen LogP contribution in [0.1, 0.15) is 12.0 Å². The Morgan fingerprint density at radius 1 is 1.45 bits per heavy atom. The number of fused-ring (bicyclic) bond motifs is 1. The fourth-order valence-electron chi connectivity index (χ4n) is 2.29. The fourth-order valence-corrected chi connectivity index (χ4v) is 5.00. The summed E-state index contributed by atoms with van der Waals surface area (Å²) in [5.41, 5.74) is 1.98. The Hall–Kier alpha value is -1.47. The van der Waals surface area contributed by atoms with Gasteiger partial charge in [0.1, 0.15) is 0 Å². The molecule has 0 unspecified atom stereocenters. The Balaban J connectivity index is 1.78. The van der Waals surface area contributed by atoms with Gasteiger partial charge in [0.05, 0.1) is 27.6 Å². The summed E-state index contributed by atoms with van der Waals surface area (Å²) in [5.74, 6) is -0.650. The van der Waals surface area contributed by atoms with Crippen molar-refractivity contribution in [3.63, 3.8) is 0 Å². The quantitative estimate of drug-likeness (QED) is 0.920. The van der Waals surface area contributed by atoms with E-state index in [9.17, 15) is 13.2 Å². The van der Waals surface area contributed by atoms with Crippen molar-refractivity contribution in [1.82, 2.24) is 4.98 Å². The summed E-state index contributed by atoms with van der Waals surface area (Å²) in [6.45, 7) is 2.00. The number of aromatic nitrogens is 1. The van der Waals surface area contributed by atoms with E-state index in [1.54, 1.807) is 0 Å². The first kappa shape index (κ1) is 13.5. The highest BCUT2D eigenvalue weighted by Gasteiger charge is 2.33. The van der Waals surface area contributed by atoms with Crippen LogP contribution in [0.3, 0.4) is 0 Å². The van der Waals surface area contributed by atoms with Crippen LogP contribution < -0.4 is 5.32 Å². The van der Waals surface area contributed by atoms with Crippen molar-refractivity contribution in [2.24, 2.45) is 5.92 Å². The van der Waals surface area contributed by atoms with Gasteiger partial charge in [-0.15, -0.1) is 0 Å². The highest BCUT2D eigenvalue weighted by atomic mass is 32.2. The minimum Gasteiger partial charge on any atom is -0.302 e. The second-order valence-electron chi connectivity index (χ2n) is 5.08. The normalized spacial score (nSPS) is 21.1. The van der Waals surface area contributed by atoms with Gasteiger partial charge in [0.2, 0.25) is 5.91 Å². The molecule has 1 aromatic heterocycles. The Bertz CT molecular complexity index is 780. The number of thiazole rings is 1. The molecule has 20 heavy (non-hydrogen) atoms. The van der Waals surface area contributed by atoms with E-state index in [0.717, 1.165) is 15.8 Å². The number of anilines is 1. The molecule has 0 bridgehead atoms. The van der Waals surface area contributed by atoms with Gasteiger partial charge in [-0.3, -0.25) is 4.79 Å². The van der Waals surface area contributed by atoms with Gasteiger partial charge >= 0.3 is 0 Å². The zero-order valence-corrected chi connectivity index (χ0v) is 12.6. The number of amides is 1. The van der Waals surface area contributed by atoms with Crippen LogP contribution in [-0.2, 0) is 14.6 Å². The summed E-state index contributed by atoms with van der Waals surface area (Å²) < 4.78 is 23.8. The van der Waals surface area contributed by atoms with Crippen molar-refractivity contribution in [2.45, 2.75) is 13.3 Å². The highest BCUT2D eigenvalue weighted by Crippen LogP contribution is 2.28. The molecule has 1 atom stereocenters. The van der Waals surface area contributed by atoms with Crippen molar-refractivity contribution < 1.29 is 13.2 Å². The largest absolute Gasteiger partial charge is 0.302 e.